The van der Waals surface area contributed by atoms with Gasteiger partial charge in [-0.15, -0.1) is 0 Å². The van der Waals surface area contributed by atoms with Gasteiger partial charge in [-0.25, -0.2) is 0 Å². The Bertz CT molecular complexity index is 296. The lowest BCUT2D eigenvalue weighted by atomic mass is 9.85. The van der Waals surface area contributed by atoms with Crippen LogP contribution in [0.15, 0.2) is 0 Å². The van der Waals surface area contributed by atoms with Crippen LogP contribution < -0.4 is 5.32 Å². The van der Waals surface area contributed by atoms with E-state index in [0.29, 0.717) is 12.6 Å². The highest BCUT2D eigenvalue weighted by Gasteiger charge is 2.29. The van der Waals surface area contributed by atoms with Crippen molar-refractivity contribution in [1.82, 2.24) is 10.2 Å². The predicted molar refractivity (Wildman–Crippen MR) is 76.0 cm³/mol. The van der Waals surface area contributed by atoms with E-state index in [-0.39, 0.29) is 11.9 Å². The molecule has 1 aliphatic carbocycles. The largest absolute Gasteiger partial charge is 0.466 e. The Balaban J connectivity index is 1.70. The number of carbonyl (C=O) groups excluding carboxylic acids is 1. The van der Waals surface area contributed by atoms with E-state index in [4.69, 9.17) is 4.74 Å². The van der Waals surface area contributed by atoms with E-state index in [1.165, 1.54) is 25.9 Å². The number of hydrogen-bond donors (Lipinski definition) is 1. The lowest BCUT2D eigenvalue weighted by Gasteiger charge is -2.29. The number of nitrogens with zero attached hydrogens (tertiary/aromatic N) is 1. The second kappa shape index (κ2) is 7.25. The minimum absolute atomic E-state index is 0.00889. The molecule has 1 aliphatic heterocycles. The van der Waals surface area contributed by atoms with Crippen molar-refractivity contribution in [2.24, 2.45) is 11.8 Å². The van der Waals surface area contributed by atoms with Crippen LogP contribution in [0.2, 0.25) is 0 Å². The van der Waals surface area contributed by atoms with E-state index in [9.17, 15) is 4.79 Å². The molecule has 0 aromatic rings. The van der Waals surface area contributed by atoms with Gasteiger partial charge < -0.3 is 15.0 Å². The molecule has 1 heterocycles. The highest BCUT2D eigenvalue weighted by atomic mass is 16.5. The van der Waals surface area contributed by atoms with E-state index < -0.39 is 0 Å². The Labute approximate surface area is 116 Å². The first-order chi connectivity index (χ1) is 9.19. The predicted octanol–water partition coefficient (Wildman–Crippen LogP) is 1.65. The summed E-state index contributed by atoms with van der Waals surface area (Å²) in [5.41, 5.74) is 0. The maximum atomic E-state index is 11.8. The van der Waals surface area contributed by atoms with E-state index in [1.807, 2.05) is 6.92 Å². The van der Waals surface area contributed by atoms with Gasteiger partial charge in [-0.05, 0) is 58.7 Å². The highest BCUT2D eigenvalue weighted by Crippen LogP contribution is 2.26. The summed E-state index contributed by atoms with van der Waals surface area (Å²) in [6.45, 7) is 5.92. The minimum Gasteiger partial charge on any atom is -0.466 e. The monoisotopic (exact) mass is 268 g/mol. The van der Waals surface area contributed by atoms with Crippen LogP contribution in [0.1, 0.15) is 39.0 Å². The molecule has 0 spiro atoms. The maximum Gasteiger partial charge on any atom is 0.308 e. The van der Waals surface area contributed by atoms with Gasteiger partial charge in [-0.1, -0.05) is 6.42 Å². The third-order valence-electron chi connectivity index (χ3n) is 4.48. The smallest absolute Gasteiger partial charge is 0.308 e. The number of rotatable bonds is 5. The summed E-state index contributed by atoms with van der Waals surface area (Å²) in [4.78, 5) is 14.2. The van der Waals surface area contributed by atoms with Crippen molar-refractivity contribution < 1.29 is 9.53 Å². The molecule has 0 radical (unpaired) electrons. The number of likely N-dealkylation sites (tertiary alicyclic amines) is 1. The summed E-state index contributed by atoms with van der Waals surface area (Å²) in [5, 5.41) is 3.68. The van der Waals surface area contributed by atoms with Gasteiger partial charge in [0.25, 0.3) is 0 Å². The second-order valence-electron chi connectivity index (χ2n) is 6.14. The molecule has 2 rings (SSSR count). The van der Waals surface area contributed by atoms with Crippen LogP contribution in [0.4, 0.5) is 0 Å². The third-order valence-corrected chi connectivity index (χ3v) is 4.48. The molecule has 19 heavy (non-hydrogen) atoms. The van der Waals surface area contributed by atoms with Crippen molar-refractivity contribution >= 4 is 5.97 Å². The molecule has 2 fully saturated rings. The third kappa shape index (κ3) is 4.46. The van der Waals surface area contributed by atoms with Gasteiger partial charge in [0.05, 0.1) is 12.5 Å². The summed E-state index contributed by atoms with van der Waals surface area (Å²) in [7, 11) is 2.19. The normalized spacial score (nSPS) is 32.4. The topological polar surface area (TPSA) is 41.6 Å². The van der Waals surface area contributed by atoms with Gasteiger partial charge in [0.1, 0.15) is 0 Å². The van der Waals surface area contributed by atoms with Crippen molar-refractivity contribution in [3.05, 3.63) is 0 Å². The van der Waals surface area contributed by atoms with E-state index >= 15 is 0 Å². The summed E-state index contributed by atoms with van der Waals surface area (Å²) in [5.74, 6) is 0.917. The van der Waals surface area contributed by atoms with Crippen LogP contribution in [0, 0.1) is 11.8 Å². The van der Waals surface area contributed by atoms with Crippen molar-refractivity contribution in [2.75, 3.05) is 33.3 Å². The van der Waals surface area contributed by atoms with Gasteiger partial charge in [-0.2, -0.15) is 0 Å². The molecular weight excluding hydrogens is 240 g/mol. The fraction of sp³-hybridized carbons (Fsp3) is 0.933. The first-order valence-electron chi connectivity index (χ1n) is 7.77. The first kappa shape index (κ1) is 14.8. The standard InChI is InChI=1S/C15H28N2O2/c1-3-19-15(18)13-5-4-6-14(9-13)16-10-12-7-8-17(2)11-12/h12-14,16H,3-11H2,1-2H3. The fourth-order valence-electron chi connectivity index (χ4n) is 3.38. The van der Waals surface area contributed by atoms with Gasteiger partial charge in [0.2, 0.25) is 0 Å². The molecule has 110 valence electrons. The summed E-state index contributed by atoms with van der Waals surface area (Å²) in [6, 6.07) is 0.508. The van der Waals surface area contributed by atoms with Crippen molar-refractivity contribution in [3.8, 4) is 0 Å². The molecule has 4 heteroatoms. The molecule has 3 atom stereocenters. The molecule has 4 nitrogen and oxygen atoms in total. The molecule has 1 N–H and O–H groups in total. The summed E-state index contributed by atoms with van der Waals surface area (Å²) >= 11 is 0. The molecule has 2 aliphatic rings. The van der Waals surface area contributed by atoms with Crippen LogP contribution in [0.5, 0.6) is 0 Å². The zero-order valence-corrected chi connectivity index (χ0v) is 12.4. The average molecular weight is 268 g/mol. The Morgan fingerprint density at radius 1 is 1.37 bits per heavy atom. The van der Waals surface area contributed by atoms with Gasteiger partial charge in [0, 0.05) is 12.6 Å². The molecule has 0 bridgehead atoms. The average Bonchev–Trinajstić information content (AvgIpc) is 2.83. The second-order valence-corrected chi connectivity index (χ2v) is 6.14. The quantitative estimate of drug-likeness (QED) is 0.770. The molecular formula is C15H28N2O2. The van der Waals surface area contributed by atoms with Crippen LogP contribution in [0.3, 0.4) is 0 Å². The van der Waals surface area contributed by atoms with E-state index in [1.54, 1.807) is 0 Å². The van der Waals surface area contributed by atoms with Crippen LogP contribution in [-0.2, 0) is 9.53 Å². The summed E-state index contributed by atoms with van der Waals surface area (Å²) in [6.07, 6.45) is 5.62. The molecule has 1 saturated carbocycles. The van der Waals surface area contributed by atoms with Crippen molar-refractivity contribution in [2.45, 2.75) is 45.1 Å². The molecule has 1 saturated heterocycles. The molecule has 0 aromatic carbocycles. The van der Waals surface area contributed by atoms with Crippen molar-refractivity contribution in [3.63, 3.8) is 0 Å². The van der Waals surface area contributed by atoms with Gasteiger partial charge in [-0.3, -0.25) is 4.79 Å². The zero-order chi connectivity index (χ0) is 13.7. The summed E-state index contributed by atoms with van der Waals surface area (Å²) < 4.78 is 5.15. The van der Waals surface area contributed by atoms with E-state index in [2.05, 4.69) is 17.3 Å². The highest BCUT2D eigenvalue weighted by molar-refractivity contribution is 5.72. The van der Waals surface area contributed by atoms with Crippen molar-refractivity contribution in [1.29, 1.82) is 0 Å². The fourth-order valence-corrected chi connectivity index (χ4v) is 3.38. The lowest BCUT2D eigenvalue weighted by molar-refractivity contribution is -0.149. The molecule has 3 unspecified atom stereocenters. The van der Waals surface area contributed by atoms with Gasteiger partial charge in [0.15, 0.2) is 0 Å². The van der Waals surface area contributed by atoms with Crippen LogP contribution in [-0.4, -0.2) is 50.2 Å². The Morgan fingerprint density at radius 3 is 2.89 bits per heavy atom. The number of ether oxygens (including phenoxy) is 1. The van der Waals surface area contributed by atoms with Gasteiger partial charge >= 0.3 is 5.97 Å². The number of esters is 1. The zero-order valence-electron chi connectivity index (χ0n) is 12.4. The van der Waals surface area contributed by atoms with Crippen LogP contribution in [0.25, 0.3) is 0 Å². The van der Waals surface area contributed by atoms with E-state index in [0.717, 1.165) is 31.7 Å². The lowest BCUT2D eigenvalue weighted by Crippen LogP contribution is -2.39. The number of nitrogens with one attached hydrogen (secondary N) is 1. The minimum atomic E-state index is 0.00889. The molecule has 0 amide bonds. The Morgan fingerprint density at radius 2 is 2.21 bits per heavy atom. The maximum absolute atomic E-state index is 11.8. The molecule has 0 aromatic heterocycles. The Kier molecular flexibility index (Phi) is 5.64. The Hall–Kier alpha value is -0.610. The SMILES string of the molecule is CCOC(=O)C1CCCC(NCC2CCN(C)C2)C1. The number of hydrogen-bond acceptors (Lipinski definition) is 4. The first-order valence-corrected chi connectivity index (χ1v) is 7.77. The number of carbonyl (C=O) groups is 1. The van der Waals surface area contributed by atoms with Crippen LogP contribution >= 0.6 is 0 Å².